The highest BCUT2D eigenvalue weighted by Gasteiger charge is 2.42. The third-order valence-electron chi connectivity index (χ3n) is 5.50. The molecule has 9 heteroatoms. The van der Waals surface area contributed by atoms with Crippen LogP contribution in [0.25, 0.3) is 0 Å². The summed E-state index contributed by atoms with van der Waals surface area (Å²) in [7, 11) is 1.56. The van der Waals surface area contributed by atoms with E-state index in [2.05, 4.69) is 14.9 Å². The molecule has 2 aliphatic rings. The lowest BCUT2D eigenvalue weighted by Crippen LogP contribution is -2.55. The molecule has 3 heterocycles. The van der Waals surface area contributed by atoms with E-state index in [1.165, 1.54) is 0 Å². The molecule has 9 nitrogen and oxygen atoms in total. The van der Waals surface area contributed by atoms with E-state index in [0.29, 0.717) is 49.0 Å². The summed E-state index contributed by atoms with van der Waals surface area (Å²) in [6, 6.07) is 7.57. The standard InChI is InChI=1S/C21H23N5O4/c1-13(26-20(28)15-6-4-5-7-16(15)21(26)29)19(27)25-10-8-24(9-11-25)17-12-18(30-3)23-14(2)22-17/h4-7,12-13H,8-11H2,1-3H3. The topological polar surface area (TPSA) is 95.9 Å². The average Bonchev–Trinajstić information content (AvgIpc) is 3.02. The largest absolute Gasteiger partial charge is 0.481 e. The number of benzene rings is 1. The van der Waals surface area contributed by atoms with Gasteiger partial charge in [0, 0.05) is 32.2 Å². The summed E-state index contributed by atoms with van der Waals surface area (Å²) in [5, 5.41) is 0. The number of rotatable bonds is 4. The number of carbonyl (C=O) groups excluding carboxylic acids is 3. The fraction of sp³-hybridized carbons (Fsp3) is 0.381. The summed E-state index contributed by atoms with van der Waals surface area (Å²) in [6.07, 6.45) is 0. The lowest BCUT2D eigenvalue weighted by atomic mass is 10.1. The molecule has 0 N–H and O–H groups in total. The summed E-state index contributed by atoms with van der Waals surface area (Å²) in [5.74, 6) is 0.787. The van der Waals surface area contributed by atoms with Gasteiger partial charge in [0.2, 0.25) is 11.8 Å². The van der Waals surface area contributed by atoms with E-state index >= 15 is 0 Å². The Labute approximate surface area is 174 Å². The van der Waals surface area contributed by atoms with E-state index < -0.39 is 17.9 Å². The summed E-state index contributed by atoms with van der Waals surface area (Å²) in [6.45, 7) is 5.51. The van der Waals surface area contributed by atoms with E-state index in [-0.39, 0.29) is 5.91 Å². The van der Waals surface area contributed by atoms with Crippen molar-refractivity contribution in [2.24, 2.45) is 0 Å². The Balaban J connectivity index is 1.43. The number of amides is 3. The molecule has 0 radical (unpaired) electrons. The van der Waals surface area contributed by atoms with E-state index in [4.69, 9.17) is 4.74 Å². The Morgan fingerprint density at radius 1 is 1.03 bits per heavy atom. The molecule has 30 heavy (non-hydrogen) atoms. The molecule has 156 valence electrons. The Hall–Kier alpha value is -3.49. The Morgan fingerprint density at radius 3 is 2.20 bits per heavy atom. The molecule has 0 aliphatic carbocycles. The highest BCUT2D eigenvalue weighted by atomic mass is 16.5. The molecule has 2 aliphatic heterocycles. The lowest BCUT2D eigenvalue weighted by Gasteiger charge is -2.37. The van der Waals surface area contributed by atoms with Crippen LogP contribution < -0.4 is 9.64 Å². The van der Waals surface area contributed by atoms with Crippen LogP contribution in [0.5, 0.6) is 5.88 Å². The molecule has 1 fully saturated rings. The van der Waals surface area contributed by atoms with E-state index in [1.54, 1.807) is 56.2 Å². The minimum Gasteiger partial charge on any atom is -0.481 e. The first-order valence-corrected chi connectivity index (χ1v) is 9.81. The number of carbonyl (C=O) groups is 3. The zero-order valence-corrected chi connectivity index (χ0v) is 17.2. The van der Waals surface area contributed by atoms with E-state index in [1.807, 2.05) is 0 Å². The van der Waals surface area contributed by atoms with Crippen molar-refractivity contribution in [2.75, 3.05) is 38.2 Å². The van der Waals surface area contributed by atoms with Crippen molar-refractivity contribution in [1.29, 1.82) is 0 Å². The van der Waals surface area contributed by atoms with Crippen LogP contribution in [-0.4, -0.2) is 76.8 Å². The number of anilines is 1. The van der Waals surface area contributed by atoms with Crippen LogP contribution in [0.2, 0.25) is 0 Å². The smallest absolute Gasteiger partial charge is 0.262 e. The average molecular weight is 409 g/mol. The summed E-state index contributed by atoms with van der Waals surface area (Å²) in [5.41, 5.74) is 0.695. The molecule has 1 saturated heterocycles. The monoisotopic (exact) mass is 409 g/mol. The molecule has 0 saturated carbocycles. The minimum absolute atomic E-state index is 0.236. The normalized spacial score (nSPS) is 17.2. The van der Waals surface area contributed by atoms with Gasteiger partial charge in [0.15, 0.2) is 0 Å². The zero-order chi connectivity index (χ0) is 21.4. The molecule has 2 aromatic rings. The maximum atomic E-state index is 13.0. The summed E-state index contributed by atoms with van der Waals surface area (Å²) in [4.78, 5) is 51.8. The predicted molar refractivity (Wildman–Crippen MR) is 109 cm³/mol. The predicted octanol–water partition coefficient (Wildman–Crippen LogP) is 1.13. The van der Waals surface area contributed by atoms with Gasteiger partial charge in [-0.3, -0.25) is 19.3 Å². The van der Waals surface area contributed by atoms with Gasteiger partial charge in [-0.25, -0.2) is 4.98 Å². The highest BCUT2D eigenvalue weighted by molar-refractivity contribution is 6.22. The second kappa shape index (κ2) is 7.74. The maximum absolute atomic E-state index is 13.0. The Bertz CT molecular complexity index is 981. The van der Waals surface area contributed by atoms with Crippen LogP contribution >= 0.6 is 0 Å². The number of hydrogen-bond donors (Lipinski definition) is 0. The van der Waals surface area contributed by atoms with Gasteiger partial charge in [-0.1, -0.05) is 12.1 Å². The first kappa shape index (κ1) is 19.8. The fourth-order valence-corrected chi connectivity index (χ4v) is 3.88. The van der Waals surface area contributed by atoms with Crippen LogP contribution in [0.1, 0.15) is 33.5 Å². The van der Waals surface area contributed by atoms with Crippen molar-refractivity contribution in [2.45, 2.75) is 19.9 Å². The molecule has 0 spiro atoms. The molecular formula is C21H23N5O4. The molecule has 4 rings (SSSR count). The third kappa shape index (κ3) is 3.36. The van der Waals surface area contributed by atoms with Gasteiger partial charge >= 0.3 is 0 Å². The highest BCUT2D eigenvalue weighted by Crippen LogP contribution is 2.25. The quantitative estimate of drug-likeness (QED) is 0.699. The number of piperazine rings is 1. The summed E-state index contributed by atoms with van der Waals surface area (Å²) >= 11 is 0. The number of hydrogen-bond acceptors (Lipinski definition) is 7. The third-order valence-corrected chi connectivity index (χ3v) is 5.50. The molecular weight excluding hydrogens is 386 g/mol. The second-order valence-corrected chi connectivity index (χ2v) is 7.33. The van der Waals surface area contributed by atoms with Gasteiger partial charge in [-0.2, -0.15) is 4.98 Å². The van der Waals surface area contributed by atoms with Gasteiger partial charge in [0.1, 0.15) is 17.7 Å². The van der Waals surface area contributed by atoms with Crippen molar-refractivity contribution in [3.05, 3.63) is 47.3 Å². The van der Waals surface area contributed by atoms with Crippen molar-refractivity contribution in [3.63, 3.8) is 0 Å². The zero-order valence-electron chi connectivity index (χ0n) is 17.2. The SMILES string of the molecule is COc1cc(N2CCN(C(=O)C(C)N3C(=O)c4ccccc4C3=O)CC2)nc(C)n1. The number of aryl methyl sites for hydroxylation is 1. The van der Waals surface area contributed by atoms with Crippen molar-refractivity contribution >= 4 is 23.5 Å². The minimum atomic E-state index is -0.856. The first-order valence-electron chi connectivity index (χ1n) is 9.81. The van der Waals surface area contributed by atoms with E-state index in [0.717, 1.165) is 10.7 Å². The van der Waals surface area contributed by atoms with Crippen molar-refractivity contribution < 1.29 is 19.1 Å². The molecule has 1 aromatic carbocycles. The van der Waals surface area contributed by atoms with E-state index in [9.17, 15) is 14.4 Å². The van der Waals surface area contributed by atoms with Crippen molar-refractivity contribution in [3.8, 4) is 5.88 Å². The first-order chi connectivity index (χ1) is 14.4. The number of ether oxygens (including phenoxy) is 1. The van der Waals surface area contributed by atoms with Crippen LogP contribution in [0.15, 0.2) is 30.3 Å². The number of imide groups is 1. The number of nitrogens with zero attached hydrogens (tertiary/aromatic N) is 5. The Morgan fingerprint density at radius 2 is 1.63 bits per heavy atom. The van der Waals surface area contributed by atoms with Crippen molar-refractivity contribution in [1.82, 2.24) is 19.8 Å². The number of methoxy groups -OCH3 is 1. The van der Waals surface area contributed by atoms with Gasteiger partial charge < -0.3 is 14.5 Å². The molecule has 1 unspecified atom stereocenters. The van der Waals surface area contributed by atoms with Crippen LogP contribution in [0, 0.1) is 6.92 Å². The van der Waals surface area contributed by atoms with Gasteiger partial charge in [0.05, 0.1) is 18.2 Å². The number of fused-ring (bicyclic) bond motifs is 1. The maximum Gasteiger partial charge on any atom is 0.262 e. The van der Waals surface area contributed by atoms with Crippen LogP contribution in [-0.2, 0) is 4.79 Å². The van der Waals surface area contributed by atoms with Crippen LogP contribution in [0.3, 0.4) is 0 Å². The Kier molecular flexibility index (Phi) is 5.11. The number of aromatic nitrogens is 2. The fourth-order valence-electron chi connectivity index (χ4n) is 3.88. The molecule has 0 bridgehead atoms. The second-order valence-electron chi connectivity index (χ2n) is 7.33. The lowest BCUT2D eigenvalue weighted by molar-refractivity contribution is -0.135. The molecule has 1 atom stereocenters. The van der Waals surface area contributed by atoms with Gasteiger partial charge in [-0.05, 0) is 26.0 Å². The molecule has 1 aromatic heterocycles. The summed E-state index contributed by atoms with van der Waals surface area (Å²) < 4.78 is 5.21. The van der Waals surface area contributed by atoms with Crippen LogP contribution in [0.4, 0.5) is 5.82 Å². The van der Waals surface area contributed by atoms with Gasteiger partial charge in [-0.15, -0.1) is 0 Å². The van der Waals surface area contributed by atoms with Gasteiger partial charge in [0.25, 0.3) is 11.8 Å². The molecule has 3 amide bonds.